The number of allylic oxidation sites excluding steroid dienone is 2. The van der Waals surface area contributed by atoms with Gasteiger partial charge in [0.1, 0.15) is 5.84 Å². The second-order valence-corrected chi connectivity index (χ2v) is 3.02. The van der Waals surface area contributed by atoms with Gasteiger partial charge in [0.15, 0.2) is 0 Å². The number of amidine groups is 1. The zero-order chi connectivity index (χ0) is 8.39. The second-order valence-electron chi connectivity index (χ2n) is 3.02. The molecular weight excluding hydrogens is 148 g/mol. The van der Waals surface area contributed by atoms with Gasteiger partial charge in [-0.05, 0) is 31.1 Å². The Labute approximate surface area is 72.6 Å². The molecule has 0 amide bonds. The van der Waals surface area contributed by atoms with E-state index in [1.54, 1.807) is 0 Å². The number of nitrogens with zero attached hydrogens (tertiary/aromatic N) is 2. The van der Waals surface area contributed by atoms with E-state index in [0.717, 1.165) is 18.8 Å². The first-order valence-electron chi connectivity index (χ1n) is 4.22. The lowest BCUT2D eigenvalue weighted by molar-refractivity contribution is 0.756. The Balaban J connectivity index is 2.33. The molecule has 0 aromatic carbocycles. The van der Waals surface area contributed by atoms with Crippen molar-refractivity contribution in [3.63, 3.8) is 0 Å². The smallest absolute Gasteiger partial charge is 0.131 e. The van der Waals surface area contributed by atoms with Crippen molar-refractivity contribution < 1.29 is 0 Å². The standard InChI is InChI=1S/C10H12N2/c1-9-4-7-12-6-3-2-5-11-10(12)8-9/h3-4,6-8H,2,5H2,1H3. The number of fused-ring (bicyclic) bond motifs is 1. The van der Waals surface area contributed by atoms with E-state index in [1.807, 2.05) is 0 Å². The topological polar surface area (TPSA) is 15.6 Å². The summed E-state index contributed by atoms with van der Waals surface area (Å²) < 4.78 is 0. The average Bonchev–Trinajstić information content (AvgIpc) is 2.28. The van der Waals surface area contributed by atoms with Crippen molar-refractivity contribution in [2.75, 3.05) is 6.54 Å². The van der Waals surface area contributed by atoms with Gasteiger partial charge in [0, 0.05) is 18.9 Å². The molecule has 0 fully saturated rings. The fourth-order valence-electron chi connectivity index (χ4n) is 1.30. The van der Waals surface area contributed by atoms with E-state index >= 15 is 0 Å². The molecule has 0 bridgehead atoms. The highest BCUT2D eigenvalue weighted by molar-refractivity contribution is 5.96. The van der Waals surface area contributed by atoms with Crippen molar-refractivity contribution in [1.82, 2.24) is 4.90 Å². The van der Waals surface area contributed by atoms with Crippen LogP contribution in [-0.4, -0.2) is 17.3 Å². The Hall–Kier alpha value is -1.31. The molecule has 0 spiro atoms. The molecule has 0 aliphatic carbocycles. The van der Waals surface area contributed by atoms with Crippen LogP contribution < -0.4 is 0 Å². The lowest BCUT2D eigenvalue weighted by Gasteiger charge is -2.18. The molecule has 0 aromatic heterocycles. The van der Waals surface area contributed by atoms with Gasteiger partial charge < -0.3 is 4.90 Å². The van der Waals surface area contributed by atoms with Gasteiger partial charge in [-0.25, -0.2) is 0 Å². The van der Waals surface area contributed by atoms with Crippen LogP contribution >= 0.6 is 0 Å². The molecule has 0 aromatic rings. The van der Waals surface area contributed by atoms with Gasteiger partial charge >= 0.3 is 0 Å². The largest absolute Gasteiger partial charge is 0.309 e. The van der Waals surface area contributed by atoms with Gasteiger partial charge in [0.05, 0.1) is 0 Å². The fourth-order valence-corrected chi connectivity index (χ4v) is 1.30. The Kier molecular flexibility index (Phi) is 1.82. The highest BCUT2D eigenvalue weighted by Crippen LogP contribution is 2.11. The van der Waals surface area contributed by atoms with Crippen LogP contribution in [0.15, 0.2) is 41.2 Å². The van der Waals surface area contributed by atoms with E-state index in [0.29, 0.717) is 0 Å². The minimum absolute atomic E-state index is 0.903. The van der Waals surface area contributed by atoms with Crippen LogP contribution in [0.5, 0.6) is 0 Å². The number of hydrogen-bond donors (Lipinski definition) is 0. The molecule has 0 saturated heterocycles. The molecule has 12 heavy (non-hydrogen) atoms. The van der Waals surface area contributed by atoms with Gasteiger partial charge in [-0.2, -0.15) is 0 Å². The van der Waals surface area contributed by atoms with Crippen molar-refractivity contribution in [2.24, 2.45) is 4.99 Å². The van der Waals surface area contributed by atoms with E-state index < -0.39 is 0 Å². The second kappa shape index (κ2) is 2.97. The molecule has 2 aliphatic rings. The fraction of sp³-hybridized carbons (Fsp3) is 0.300. The summed E-state index contributed by atoms with van der Waals surface area (Å²) >= 11 is 0. The van der Waals surface area contributed by atoms with Gasteiger partial charge in [-0.3, -0.25) is 4.99 Å². The highest BCUT2D eigenvalue weighted by Gasteiger charge is 2.08. The predicted molar refractivity (Wildman–Crippen MR) is 50.8 cm³/mol. The molecule has 0 saturated carbocycles. The van der Waals surface area contributed by atoms with Crippen LogP contribution in [0.25, 0.3) is 0 Å². The molecule has 2 aliphatic heterocycles. The van der Waals surface area contributed by atoms with Crippen LogP contribution in [0.1, 0.15) is 13.3 Å². The summed E-state index contributed by atoms with van der Waals surface area (Å²) in [6, 6.07) is 0. The molecular formula is C10H12N2. The summed E-state index contributed by atoms with van der Waals surface area (Å²) in [5.74, 6) is 1.06. The van der Waals surface area contributed by atoms with E-state index in [9.17, 15) is 0 Å². The van der Waals surface area contributed by atoms with E-state index in [1.165, 1.54) is 5.57 Å². The lowest BCUT2D eigenvalue weighted by atomic mass is 10.2. The van der Waals surface area contributed by atoms with Gasteiger partial charge in [0.25, 0.3) is 0 Å². The van der Waals surface area contributed by atoms with E-state index in [4.69, 9.17) is 0 Å². The minimum Gasteiger partial charge on any atom is -0.309 e. The maximum atomic E-state index is 4.45. The van der Waals surface area contributed by atoms with E-state index in [-0.39, 0.29) is 0 Å². The number of hydrogen-bond acceptors (Lipinski definition) is 2. The van der Waals surface area contributed by atoms with Crippen molar-refractivity contribution in [3.8, 4) is 0 Å². The van der Waals surface area contributed by atoms with Crippen LogP contribution in [-0.2, 0) is 0 Å². The van der Waals surface area contributed by atoms with Gasteiger partial charge in [-0.15, -0.1) is 0 Å². The monoisotopic (exact) mass is 160 g/mol. The third-order valence-corrected chi connectivity index (χ3v) is 1.95. The molecule has 0 N–H and O–H groups in total. The third kappa shape index (κ3) is 1.33. The molecule has 2 rings (SSSR count). The van der Waals surface area contributed by atoms with Gasteiger partial charge in [-0.1, -0.05) is 6.08 Å². The molecule has 2 heteroatoms. The third-order valence-electron chi connectivity index (χ3n) is 1.95. The maximum absolute atomic E-state index is 4.45. The summed E-state index contributed by atoms with van der Waals surface area (Å²) in [5, 5.41) is 0. The Morgan fingerprint density at radius 3 is 3.25 bits per heavy atom. The average molecular weight is 160 g/mol. The first-order valence-corrected chi connectivity index (χ1v) is 4.22. The van der Waals surface area contributed by atoms with Crippen molar-refractivity contribution in [2.45, 2.75) is 13.3 Å². The lowest BCUT2D eigenvalue weighted by Crippen LogP contribution is -2.20. The summed E-state index contributed by atoms with van der Waals surface area (Å²) in [6.45, 7) is 2.99. The molecule has 2 heterocycles. The molecule has 0 unspecified atom stereocenters. The highest BCUT2D eigenvalue weighted by atomic mass is 15.2. The van der Waals surface area contributed by atoms with Crippen LogP contribution in [0.2, 0.25) is 0 Å². The van der Waals surface area contributed by atoms with Crippen LogP contribution in [0.3, 0.4) is 0 Å². The number of aliphatic imine (C=N–C) groups is 1. The first-order chi connectivity index (χ1) is 5.86. The Morgan fingerprint density at radius 2 is 2.33 bits per heavy atom. The zero-order valence-electron chi connectivity index (χ0n) is 7.20. The summed E-state index contributed by atoms with van der Waals surface area (Å²) in [4.78, 5) is 6.50. The predicted octanol–water partition coefficient (Wildman–Crippen LogP) is 2.08. The molecule has 0 radical (unpaired) electrons. The zero-order valence-corrected chi connectivity index (χ0v) is 7.20. The summed E-state index contributed by atoms with van der Waals surface area (Å²) in [5.41, 5.74) is 1.26. The van der Waals surface area contributed by atoms with Crippen LogP contribution in [0, 0.1) is 0 Å². The normalized spacial score (nSPS) is 21.2. The molecule has 2 nitrogen and oxygen atoms in total. The molecule has 62 valence electrons. The van der Waals surface area contributed by atoms with E-state index in [2.05, 4.69) is 47.4 Å². The minimum atomic E-state index is 0.903. The van der Waals surface area contributed by atoms with Gasteiger partial charge in [0.2, 0.25) is 0 Å². The van der Waals surface area contributed by atoms with Crippen molar-refractivity contribution in [3.05, 3.63) is 36.2 Å². The van der Waals surface area contributed by atoms with Crippen molar-refractivity contribution >= 4 is 5.84 Å². The maximum Gasteiger partial charge on any atom is 0.131 e. The molecule has 0 atom stereocenters. The number of rotatable bonds is 0. The summed E-state index contributed by atoms with van der Waals surface area (Å²) in [7, 11) is 0. The first kappa shape index (κ1) is 7.35. The SMILES string of the molecule is CC1=CC2=NCCC=CN2C=C1. The Morgan fingerprint density at radius 1 is 1.42 bits per heavy atom. The van der Waals surface area contributed by atoms with Crippen molar-refractivity contribution in [1.29, 1.82) is 0 Å². The quantitative estimate of drug-likeness (QED) is 0.529. The Bertz CT molecular complexity index is 295. The summed E-state index contributed by atoms with van der Waals surface area (Å²) in [6.07, 6.45) is 11.5. The van der Waals surface area contributed by atoms with Crippen LogP contribution in [0.4, 0.5) is 0 Å².